The number of aromatic nitrogens is 3. The minimum Gasteiger partial charge on any atom is -0.473 e. The highest BCUT2D eigenvalue weighted by molar-refractivity contribution is 6.31. The molecule has 0 spiro atoms. The molecule has 204 valence electrons. The molecule has 0 aliphatic heterocycles. The number of halogens is 2. The largest absolute Gasteiger partial charge is 0.473 e. The van der Waals surface area contributed by atoms with E-state index in [4.69, 9.17) is 43.0 Å². The van der Waals surface area contributed by atoms with E-state index in [0.29, 0.717) is 26.9 Å². The third-order valence-corrected chi connectivity index (χ3v) is 6.92. The van der Waals surface area contributed by atoms with Crippen LogP contribution in [0.25, 0.3) is 22.0 Å². The zero-order valence-electron chi connectivity index (χ0n) is 21.2. The fourth-order valence-corrected chi connectivity index (χ4v) is 4.76. The lowest BCUT2D eigenvalue weighted by molar-refractivity contribution is -0.159. The standard InChI is InChI=1S/C27H21Cl2N3O2.C2H2O4/c1-31-16-30-15-25(31)27(34,18-6-9-20(28)10-7-18)19-8-11-24-23(13-19)22(14-26(33)32(24)2)17-4-3-5-21(29)12-17;3-1(4)2(5)6/h3-16,34H,1-2H3;(H,3,4)(H,5,6). The fraction of sp³-hybridized carbons (Fsp3) is 0.103. The van der Waals surface area contributed by atoms with E-state index in [1.54, 1.807) is 65.1 Å². The molecule has 0 saturated carbocycles. The number of aliphatic hydroxyl groups is 1. The summed E-state index contributed by atoms with van der Waals surface area (Å²) < 4.78 is 3.38. The lowest BCUT2D eigenvalue weighted by Gasteiger charge is -2.30. The first kappa shape index (κ1) is 28.6. The number of hydrogen-bond acceptors (Lipinski definition) is 5. The van der Waals surface area contributed by atoms with Crippen LogP contribution in [0.4, 0.5) is 0 Å². The minimum atomic E-state index is -1.82. The van der Waals surface area contributed by atoms with Crippen LogP contribution in [0.3, 0.4) is 0 Å². The maximum Gasteiger partial charge on any atom is 0.414 e. The van der Waals surface area contributed by atoms with Gasteiger partial charge in [-0.1, -0.05) is 53.5 Å². The second-order valence-electron chi connectivity index (χ2n) is 8.91. The summed E-state index contributed by atoms with van der Waals surface area (Å²) in [6.07, 6.45) is 3.30. The van der Waals surface area contributed by atoms with Crippen LogP contribution in [0.2, 0.25) is 10.0 Å². The first-order valence-electron chi connectivity index (χ1n) is 11.7. The second-order valence-corrected chi connectivity index (χ2v) is 9.79. The lowest BCUT2D eigenvalue weighted by atomic mass is 9.82. The van der Waals surface area contributed by atoms with Crippen molar-refractivity contribution in [3.05, 3.63) is 123 Å². The molecule has 3 aromatic carbocycles. The van der Waals surface area contributed by atoms with E-state index in [1.165, 1.54) is 0 Å². The van der Waals surface area contributed by atoms with E-state index >= 15 is 0 Å². The van der Waals surface area contributed by atoms with Crippen LogP contribution in [0, 0.1) is 0 Å². The molecular weight excluding hydrogens is 557 g/mol. The second kappa shape index (κ2) is 11.4. The van der Waals surface area contributed by atoms with Gasteiger partial charge in [-0.05, 0) is 58.7 Å². The third-order valence-electron chi connectivity index (χ3n) is 6.43. The molecular formula is C29H23Cl2N3O6. The van der Waals surface area contributed by atoms with Gasteiger partial charge in [-0.3, -0.25) is 4.79 Å². The summed E-state index contributed by atoms with van der Waals surface area (Å²) in [4.78, 5) is 35.2. The van der Waals surface area contributed by atoms with Crippen LogP contribution in [0.1, 0.15) is 16.8 Å². The summed E-state index contributed by atoms with van der Waals surface area (Å²) in [6, 6.07) is 21.7. The molecule has 5 rings (SSSR count). The Balaban J connectivity index is 0.000000557. The molecule has 0 bridgehead atoms. The molecule has 0 amide bonds. The molecule has 2 heterocycles. The highest BCUT2D eigenvalue weighted by Gasteiger charge is 2.37. The predicted molar refractivity (Wildman–Crippen MR) is 152 cm³/mol. The number of nitrogens with zero attached hydrogens (tertiary/aromatic N) is 3. The van der Waals surface area contributed by atoms with Gasteiger partial charge in [0.2, 0.25) is 0 Å². The minimum absolute atomic E-state index is 0.130. The molecule has 0 saturated heterocycles. The van der Waals surface area contributed by atoms with Crippen LogP contribution in [-0.4, -0.2) is 41.4 Å². The van der Waals surface area contributed by atoms with Crippen LogP contribution in [0.15, 0.2) is 90.1 Å². The third kappa shape index (κ3) is 5.48. The Labute approximate surface area is 238 Å². The Morgan fingerprint density at radius 3 is 2.08 bits per heavy atom. The SMILES string of the molecule is Cn1cncc1C(O)(c1ccc(Cl)cc1)c1ccc2c(c1)c(-c1cccc(Cl)c1)cc(=O)n2C.O=C(O)C(=O)O. The number of pyridine rings is 1. The van der Waals surface area contributed by atoms with E-state index in [2.05, 4.69) is 4.98 Å². The van der Waals surface area contributed by atoms with Crippen molar-refractivity contribution in [3.8, 4) is 11.1 Å². The van der Waals surface area contributed by atoms with Crippen LogP contribution >= 0.6 is 23.2 Å². The normalized spacial score (nSPS) is 12.3. The molecule has 5 aromatic rings. The van der Waals surface area contributed by atoms with Gasteiger partial charge in [0.25, 0.3) is 5.56 Å². The number of hydrogen-bond donors (Lipinski definition) is 3. The van der Waals surface area contributed by atoms with Crippen molar-refractivity contribution in [1.82, 2.24) is 14.1 Å². The maximum absolute atomic E-state index is 12.7. The maximum atomic E-state index is 12.7. The number of imidazole rings is 1. The molecule has 0 aliphatic carbocycles. The van der Waals surface area contributed by atoms with Gasteiger partial charge < -0.3 is 24.5 Å². The molecule has 40 heavy (non-hydrogen) atoms. The summed E-state index contributed by atoms with van der Waals surface area (Å²) in [7, 11) is 3.57. The topological polar surface area (TPSA) is 135 Å². The van der Waals surface area contributed by atoms with Crippen molar-refractivity contribution in [1.29, 1.82) is 0 Å². The first-order chi connectivity index (χ1) is 18.9. The van der Waals surface area contributed by atoms with Crippen LogP contribution in [-0.2, 0) is 29.3 Å². The number of rotatable bonds is 4. The van der Waals surface area contributed by atoms with E-state index in [1.807, 2.05) is 43.4 Å². The Morgan fingerprint density at radius 1 is 0.850 bits per heavy atom. The molecule has 1 unspecified atom stereocenters. The number of carboxylic acids is 2. The zero-order chi connectivity index (χ0) is 29.2. The van der Waals surface area contributed by atoms with Gasteiger partial charge in [0.15, 0.2) is 5.60 Å². The molecule has 3 N–H and O–H groups in total. The number of aliphatic carboxylic acids is 2. The van der Waals surface area contributed by atoms with Gasteiger partial charge in [0.1, 0.15) is 0 Å². The van der Waals surface area contributed by atoms with Gasteiger partial charge in [-0.2, -0.15) is 0 Å². The van der Waals surface area contributed by atoms with Crippen LogP contribution in [0.5, 0.6) is 0 Å². The average Bonchev–Trinajstić information content (AvgIpc) is 3.37. The Bertz CT molecular complexity index is 1780. The summed E-state index contributed by atoms with van der Waals surface area (Å²) in [5.74, 6) is -3.65. The van der Waals surface area contributed by atoms with Gasteiger partial charge in [0.05, 0.1) is 23.7 Å². The van der Waals surface area contributed by atoms with Crippen molar-refractivity contribution >= 4 is 46.0 Å². The molecule has 0 fully saturated rings. The summed E-state index contributed by atoms with van der Waals surface area (Å²) in [5.41, 5.74) is 2.55. The molecule has 1 atom stereocenters. The summed E-state index contributed by atoms with van der Waals surface area (Å²) in [5, 5.41) is 29.0. The van der Waals surface area contributed by atoms with Crippen LogP contribution < -0.4 is 5.56 Å². The van der Waals surface area contributed by atoms with Crippen molar-refractivity contribution in [2.75, 3.05) is 0 Å². The van der Waals surface area contributed by atoms with E-state index < -0.39 is 17.5 Å². The van der Waals surface area contributed by atoms with Gasteiger partial charge in [0, 0.05) is 35.6 Å². The molecule has 9 nitrogen and oxygen atoms in total. The van der Waals surface area contributed by atoms with E-state index in [9.17, 15) is 9.90 Å². The van der Waals surface area contributed by atoms with E-state index in [0.717, 1.165) is 22.0 Å². The average molecular weight is 580 g/mol. The fourth-order valence-electron chi connectivity index (χ4n) is 4.44. The highest BCUT2D eigenvalue weighted by Crippen LogP contribution is 2.39. The smallest absolute Gasteiger partial charge is 0.414 e. The highest BCUT2D eigenvalue weighted by atomic mass is 35.5. The zero-order valence-corrected chi connectivity index (χ0v) is 22.8. The Hall–Kier alpha value is -4.44. The van der Waals surface area contributed by atoms with Crippen molar-refractivity contribution in [2.24, 2.45) is 14.1 Å². The molecule has 11 heteroatoms. The number of carbonyl (C=O) groups is 2. The number of carboxylic acid groups (broad SMARTS) is 2. The summed E-state index contributed by atoms with van der Waals surface area (Å²) >= 11 is 12.4. The molecule has 0 aliphatic rings. The van der Waals surface area contributed by atoms with Gasteiger partial charge in [-0.15, -0.1) is 0 Å². The molecule has 0 radical (unpaired) electrons. The number of benzene rings is 3. The van der Waals surface area contributed by atoms with Crippen molar-refractivity contribution in [2.45, 2.75) is 5.60 Å². The monoisotopic (exact) mass is 579 g/mol. The van der Waals surface area contributed by atoms with Crippen molar-refractivity contribution < 1.29 is 24.9 Å². The quantitative estimate of drug-likeness (QED) is 0.263. The van der Waals surface area contributed by atoms with E-state index in [-0.39, 0.29) is 5.56 Å². The number of aryl methyl sites for hydroxylation is 2. The lowest BCUT2D eigenvalue weighted by Crippen LogP contribution is -2.31. The molecule has 2 aromatic heterocycles. The first-order valence-corrected chi connectivity index (χ1v) is 12.5. The number of fused-ring (bicyclic) bond motifs is 1. The van der Waals surface area contributed by atoms with Gasteiger partial charge >= 0.3 is 11.9 Å². The Kier molecular flexibility index (Phi) is 8.11. The predicted octanol–water partition coefficient (Wildman–Crippen LogP) is 4.69. The van der Waals surface area contributed by atoms with Gasteiger partial charge in [-0.25, -0.2) is 14.6 Å². The van der Waals surface area contributed by atoms with Crippen molar-refractivity contribution in [3.63, 3.8) is 0 Å². The summed E-state index contributed by atoms with van der Waals surface area (Å²) in [6.45, 7) is 0. The Morgan fingerprint density at radius 2 is 1.50 bits per heavy atom.